The molecular weight excluding hydrogens is 290 g/mol. The largest absolute Gasteiger partial charge is 0.348 e. The highest BCUT2D eigenvalue weighted by Crippen LogP contribution is 2.26. The number of carbonyl (C=O) groups is 2. The summed E-state index contributed by atoms with van der Waals surface area (Å²) in [4.78, 5) is 23.4. The van der Waals surface area contributed by atoms with Crippen molar-refractivity contribution in [2.75, 3.05) is 11.9 Å². The number of rotatable bonds is 3. The summed E-state index contributed by atoms with van der Waals surface area (Å²) in [5.74, 6) is 0.0914. The number of carbonyl (C=O) groups excluding carboxylic acids is 2. The zero-order valence-electron chi connectivity index (χ0n) is 11.9. The van der Waals surface area contributed by atoms with E-state index >= 15 is 0 Å². The average molecular weight is 310 g/mol. The van der Waals surface area contributed by atoms with E-state index in [1.165, 1.54) is 0 Å². The molecule has 2 heterocycles. The van der Waals surface area contributed by atoms with Gasteiger partial charge in [-0.2, -0.15) is 0 Å². The summed E-state index contributed by atoms with van der Waals surface area (Å²) in [6, 6.07) is 5.75. The molecule has 0 saturated carbocycles. The van der Waals surface area contributed by atoms with Crippen LogP contribution in [-0.4, -0.2) is 24.4 Å². The van der Waals surface area contributed by atoms with Crippen LogP contribution < -0.4 is 16.0 Å². The smallest absolute Gasteiger partial charge is 0.237 e. The second-order valence-corrected chi connectivity index (χ2v) is 5.52. The lowest BCUT2D eigenvalue weighted by atomic mass is 10.0. The third-order valence-electron chi connectivity index (χ3n) is 3.99. The molecule has 0 aromatic heterocycles. The van der Waals surface area contributed by atoms with Gasteiger partial charge in [0.15, 0.2) is 0 Å². The third-order valence-corrected chi connectivity index (χ3v) is 3.99. The Morgan fingerprint density at radius 3 is 2.95 bits per heavy atom. The molecule has 1 aromatic carbocycles. The molecule has 3 N–H and O–H groups in total. The molecule has 2 atom stereocenters. The highest BCUT2D eigenvalue weighted by molar-refractivity contribution is 5.99. The Morgan fingerprint density at radius 2 is 2.24 bits per heavy atom. The van der Waals surface area contributed by atoms with Gasteiger partial charge in [-0.1, -0.05) is 12.1 Å². The van der Waals surface area contributed by atoms with Gasteiger partial charge < -0.3 is 16.0 Å². The van der Waals surface area contributed by atoms with E-state index in [0.29, 0.717) is 6.42 Å². The summed E-state index contributed by atoms with van der Waals surface area (Å²) in [5.41, 5.74) is 2.92. The third kappa shape index (κ3) is 3.36. The fourth-order valence-electron chi connectivity index (χ4n) is 2.82. The van der Waals surface area contributed by atoms with E-state index in [1.807, 2.05) is 25.1 Å². The molecule has 114 valence electrons. The Morgan fingerprint density at radius 1 is 1.43 bits per heavy atom. The van der Waals surface area contributed by atoms with Crippen molar-refractivity contribution in [2.45, 2.75) is 38.3 Å². The van der Waals surface area contributed by atoms with Crippen LogP contribution >= 0.6 is 12.4 Å². The Labute approximate surface area is 130 Å². The highest BCUT2D eigenvalue weighted by atomic mass is 35.5. The van der Waals surface area contributed by atoms with Gasteiger partial charge in [0.1, 0.15) is 0 Å². The van der Waals surface area contributed by atoms with E-state index < -0.39 is 0 Å². The predicted octanol–water partition coefficient (Wildman–Crippen LogP) is 1.53. The maximum Gasteiger partial charge on any atom is 0.237 e. The first kappa shape index (κ1) is 15.8. The van der Waals surface area contributed by atoms with Crippen molar-refractivity contribution in [3.05, 3.63) is 29.3 Å². The zero-order chi connectivity index (χ0) is 14.1. The Bertz CT molecular complexity index is 556. The lowest BCUT2D eigenvalue weighted by molar-refractivity contribution is -0.123. The number of amides is 2. The first-order valence-electron chi connectivity index (χ1n) is 7.10. The molecule has 2 amide bonds. The second kappa shape index (κ2) is 6.45. The molecule has 2 aliphatic rings. The summed E-state index contributed by atoms with van der Waals surface area (Å²) in [6.07, 6.45) is 2.38. The van der Waals surface area contributed by atoms with Gasteiger partial charge in [-0.25, -0.2) is 0 Å². The predicted molar refractivity (Wildman–Crippen MR) is 83.6 cm³/mol. The van der Waals surface area contributed by atoms with Gasteiger partial charge in [-0.15, -0.1) is 12.4 Å². The number of nitrogens with one attached hydrogen (secondary N) is 3. The fraction of sp³-hybridized carbons (Fsp3) is 0.467. The first-order chi connectivity index (χ1) is 9.63. The molecule has 3 rings (SSSR count). The van der Waals surface area contributed by atoms with Crippen LogP contribution in [0.15, 0.2) is 18.2 Å². The van der Waals surface area contributed by atoms with E-state index in [2.05, 4.69) is 16.0 Å². The van der Waals surface area contributed by atoms with Crippen LogP contribution in [0.25, 0.3) is 0 Å². The minimum atomic E-state index is -0.0601. The van der Waals surface area contributed by atoms with Crippen molar-refractivity contribution in [1.29, 1.82) is 0 Å². The number of fused-ring (bicyclic) bond motifs is 1. The van der Waals surface area contributed by atoms with Gasteiger partial charge in [0.2, 0.25) is 11.8 Å². The summed E-state index contributed by atoms with van der Waals surface area (Å²) >= 11 is 0. The quantitative estimate of drug-likeness (QED) is 0.793. The lowest BCUT2D eigenvalue weighted by Crippen LogP contribution is -2.41. The van der Waals surface area contributed by atoms with Crippen molar-refractivity contribution in [3.8, 4) is 0 Å². The molecular formula is C15H20ClN3O2. The lowest BCUT2D eigenvalue weighted by Gasteiger charge is -2.18. The van der Waals surface area contributed by atoms with Crippen LogP contribution in [-0.2, 0) is 16.0 Å². The summed E-state index contributed by atoms with van der Waals surface area (Å²) in [7, 11) is 0. The Balaban J connectivity index is 0.00000161. The minimum absolute atomic E-state index is 0. The van der Waals surface area contributed by atoms with Crippen molar-refractivity contribution in [1.82, 2.24) is 10.6 Å². The molecule has 0 bridgehead atoms. The van der Waals surface area contributed by atoms with E-state index in [-0.39, 0.29) is 36.3 Å². The van der Waals surface area contributed by atoms with Gasteiger partial charge in [0.25, 0.3) is 0 Å². The van der Waals surface area contributed by atoms with Crippen LogP contribution in [0.1, 0.15) is 36.9 Å². The first-order valence-corrected chi connectivity index (χ1v) is 7.10. The van der Waals surface area contributed by atoms with Crippen molar-refractivity contribution in [3.63, 3.8) is 0 Å². The van der Waals surface area contributed by atoms with E-state index in [1.54, 1.807) is 0 Å². The summed E-state index contributed by atoms with van der Waals surface area (Å²) < 4.78 is 0. The molecule has 21 heavy (non-hydrogen) atoms. The molecule has 1 fully saturated rings. The van der Waals surface area contributed by atoms with Crippen molar-refractivity contribution in [2.24, 2.45) is 0 Å². The molecule has 1 saturated heterocycles. The number of anilines is 1. The highest BCUT2D eigenvalue weighted by Gasteiger charge is 2.24. The van der Waals surface area contributed by atoms with Gasteiger partial charge in [0, 0.05) is 5.69 Å². The molecule has 1 aromatic rings. The maximum atomic E-state index is 12.1. The second-order valence-electron chi connectivity index (χ2n) is 5.52. The van der Waals surface area contributed by atoms with Gasteiger partial charge in [-0.3, -0.25) is 9.59 Å². The number of hydrogen-bond acceptors (Lipinski definition) is 3. The molecule has 5 nitrogen and oxygen atoms in total. The van der Waals surface area contributed by atoms with Crippen LogP contribution in [0.4, 0.5) is 5.69 Å². The molecule has 6 heteroatoms. The molecule has 0 spiro atoms. The van der Waals surface area contributed by atoms with E-state index in [9.17, 15) is 9.59 Å². The number of benzene rings is 1. The van der Waals surface area contributed by atoms with Crippen LogP contribution in [0.5, 0.6) is 0 Å². The van der Waals surface area contributed by atoms with Gasteiger partial charge >= 0.3 is 0 Å². The standard InChI is InChI=1S/C15H19N3O2.ClH/c1-9(17-15(20)13-3-2-6-16-13)10-4-5-12-11(7-10)8-14(19)18-12;/h4-5,7,9,13,16H,2-3,6,8H2,1H3,(H,17,20)(H,18,19);1H. The van der Waals surface area contributed by atoms with Crippen LogP contribution in [0, 0.1) is 0 Å². The molecule has 2 aliphatic heterocycles. The van der Waals surface area contributed by atoms with E-state index in [4.69, 9.17) is 0 Å². The normalized spacial score (nSPS) is 21.2. The van der Waals surface area contributed by atoms with E-state index in [0.717, 1.165) is 36.2 Å². The average Bonchev–Trinajstić information content (AvgIpc) is 3.05. The van der Waals surface area contributed by atoms with Crippen LogP contribution in [0.3, 0.4) is 0 Å². The number of hydrogen-bond donors (Lipinski definition) is 3. The fourth-order valence-corrected chi connectivity index (χ4v) is 2.82. The maximum absolute atomic E-state index is 12.1. The van der Waals surface area contributed by atoms with Crippen molar-refractivity contribution >= 4 is 29.9 Å². The van der Waals surface area contributed by atoms with Gasteiger partial charge in [0.05, 0.1) is 18.5 Å². The van der Waals surface area contributed by atoms with Crippen LogP contribution in [0.2, 0.25) is 0 Å². The molecule has 2 unspecified atom stereocenters. The molecule has 0 aliphatic carbocycles. The molecule has 0 radical (unpaired) electrons. The van der Waals surface area contributed by atoms with Gasteiger partial charge in [-0.05, 0) is 43.5 Å². The topological polar surface area (TPSA) is 70.2 Å². The summed E-state index contributed by atoms with van der Waals surface area (Å²) in [6.45, 7) is 2.89. The monoisotopic (exact) mass is 309 g/mol. The van der Waals surface area contributed by atoms with Crippen molar-refractivity contribution < 1.29 is 9.59 Å². The number of halogens is 1. The summed E-state index contributed by atoms with van der Waals surface area (Å²) in [5, 5.41) is 9.04. The Kier molecular flexibility index (Phi) is 4.85. The zero-order valence-corrected chi connectivity index (χ0v) is 12.8. The SMILES string of the molecule is CC(NC(=O)C1CCCN1)c1ccc2c(c1)CC(=O)N2.Cl. The minimum Gasteiger partial charge on any atom is -0.348 e. The Hall–Kier alpha value is -1.59.